The van der Waals surface area contributed by atoms with E-state index in [2.05, 4.69) is 0 Å². The SMILES string of the molecule is N#Cc1ccc(OC(=O)c2cc(Cl)cc(Cl)c2)cc1. The van der Waals surface area contributed by atoms with Gasteiger partial charge in [0, 0.05) is 10.0 Å². The average Bonchev–Trinajstić information content (AvgIpc) is 2.38. The lowest BCUT2D eigenvalue weighted by Crippen LogP contribution is -2.08. The van der Waals surface area contributed by atoms with E-state index in [0.29, 0.717) is 21.4 Å². The van der Waals surface area contributed by atoms with Crippen LogP contribution in [0, 0.1) is 11.3 Å². The van der Waals surface area contributed by atoms with Gasteiger partial charge in [-0.05, 0) is 42.5 Å². The number of hydrogen-bond acceptors (Lipinski definition) is 3. The zero-order chi connectivity index (χ0) is 13.8. The number of benzene rings is 2. The molecule has 0 aliphatic carbocycles. The summed E-state index contributed by atoms with van der Waals surface area (Å²) in [6.45, 7) is 0. The summed E-state index contributed by atoms with van der Waals surface area (Å²) in [7, 11) is 0. The molecular weight excluding hydrogens is 285 g/mol. The van der Waals surface area contributed by atoms with E-state index in [1.807, 2.05) is 6.07 Å². The molecule has 0 unspecified atom stereocenters. The fourth-order valence-electron chi connectivity index (χ4n) is 1.44. The number of carbonyl (C=O) groups excluding carboxylic acids is 1. The van der Waals surface area contributed by atoms with Crippen molar-refractivity contribution in [2.24, 2.45) is 0 Å². The van der Waals surface area contributed by atoms with Crippen LogP contribution in [0.25, 0.3) is 0 Å². The Hall–Kier alpha value is -2.02. The predicted molar refractivity (Wildman–Crippen MR) is 72.6 cm³/mol. The maximum Gasteiger partial charge on any atom is 0.343 e. The number of halogens is 2. The van der Waals surface area contributed by atoms with Crippen molar-refractivity contribution in [2.45, 2.75) is 0 Å². The zero-order valence-corrected chi connectivity index (χ0v) is 11.1. The number of hydrogen-bond donors (Lipinski definition) is 0. The van der Waals surface area contributed by atoms with Gasteiger partial charge in [0.05, 0.1) is 17.2 Å². The molecule has 3 nitrogen and oxygen atoms in total. The molecule has 2 aromatic carbocycles. The van der Waals surface area contributed by atoms with Crippen LogP contribution >= 0.6 is 23.2 Å². The van der Waals surface area contributed by atoms with Crippen LogP contribution < -0.4 is 4.74 Å². The van der Waals surface area contributed by atoms with Crippen molar-refractivity contribution >= 4 is 29.2 Å². The summed E-state index contributed by atoms with van der Waals surface area (Å²) < 4.78 is 5.14. The van der Waals surface area contributed by atoms with Crippen LogP contribution in [0.5, 0.6) is 5.75 Å². The molecule has 0 saturated carbocycles. The smallest absolute Gasteiger partial charge is 0.343 e. The molecule has 19 heavy (non-hydrogen) atoms. The quantitative estimate of drug-likeness (QED) is 0.619. The molecule has 0 aromatic heterocycles. The van der Waals surface area contributed by atoms with Gasteiger partial charge in [0.2, 0.25) is 0 Å². The van der Waals surface area contributed by atoms with Crippen molar-refractivity contribution in [1.82, 2.24) is 0 Å². The van der Waals surface area contributed by atoms with E-state index >= 15 is 0 Å². The summed E-state index contributed by atoms with van der Waals surface area (Å²) in [5.74, 6) is -0.214. The average molecular weight is 292 g/mol. The summed E-state index contributed by atoms with van der Waals surface area (Å²) in [6.07, 6.45) is 0. The topological polar surface area (TPSA) is 50.1 Å². The highest BCUT2D eigenvalue weighted by molar-refractivity contribution is 6.35. The Morgan fingerprint density at radius 2 is 1.63 bits per heavy atom. The summed E-state index contributed by atoms with van der Waals surface area (Å²) in [4.78, 5) is 11.9. The Balaban J connectivity index is 2.18. The highest BCUT2D eigenvalue weighted by Gasteiger charge is 2.10. The van der Waals surface area contributed by atoms with E-state index in [0.717, 1.165) is 0 Å². The third-order valence-corrected chi connectivity index (χ3v) is 2.73. The number of carbonyl (C=O) groups is 1. The number of rotatable bonds is 2. The first-order valence-electron chi connectivity index (χ1n) is 5.27. The van der Waals surface area contributed by atoms with Gasteiger partial charge >= 0.3 is 5.97 Å². The molecule has 2 aromatic rings. The summed E-state index contributed by atoms with van der Waals surface area (Å²) >= 11 is 11.6. The van der Waals surface area contributed by atoms with Crippen molar-refractivity contribution < 1.29 is 9.53 Å². The molecular formula is C14H7Cl2NO2. The molecule has 0 amide bonds. The Bertz CT molecular complexity index is 640. The first-order chi connectivity index (χ1) is 9.08. The fourth-order valence-corrected chi connectivity index (χ4v) is 1.96. The van der Waals surface area contributed by atoms with Crippen LogP contribution in [-0.2, 0) is 0 Å². The van der Waals surface area contributed by atoms with Crippen molar-refractivity contribution in [3.8, 4) is 11.8 Å². The summed E-state index contributed by atoms with van der Waals surface area (Å²) in [5, 5.41) is 9.38. The molecule has 0 spiro atoms. The summed E-state index contributed by atoms with van der Waals surface area (Å²) in [5.41, 5.74) is 0.757. The number of esters is 1. The minimum Gasteiger partial charge on any atom is -0.423 e. The minimum absolute atomic E-state index is 0.266. The molecule has 0 saturated heterocycles. The van der Waals surface area contributed by atoms with Gasteiger partial charge in [0.25, 0.3) is 0 Å². The van der Waals surface area contributed by atoms with Gasteiger partial charge in [-0.15, -0.1) is 0 Å². The van der Waals surface area contributed by atoms with E-state index in [1.165, 1.54) is 18.2 Å². The number of nitrogens with zero attached hydrogens (tertiary/aromatic N) is 1. The monoisotopic (exact) mass is 291 g/mol. The van der Waals surface area contributed by atoms with Crippen LogP contribution in [0.1, 0.15) is 15.9 Å². The lowest BCUT2D eigenvalue weighted by molar-refractivity contribution is 0.0735. The van der Waals surface area contributed by atoms with E-state index in [4.69, 9.17) is 33.2 Å². The maximum atomic E-state index is 11.9. The Morgan fingerprint density at radius 3 is 2.16 bits per heavy atom. The lowest BCUT2D eigenvalue weighted by Gasteiger charge is -2.05. The van der Waals surface area contributed by atoms with Crippen molar-refractivity contribution in [3.05, 3.63) is 63.6 Å². The molecule has 5 heteroatoms. The summed E-state index contributed by atoms with van der Waals surface area (Å²) in [6, 6.07) is 12.7. The third kappa shape index (κ3) is 3.47. The predicted octanol–water partition coefficient (Wildman–Crippen LogP) is 4.08. The molecule has 0 N–H and O–H groups in total. The third-order valence-electron chi connectivity index (χ3n) is 2.29. The molecule has 0 fully saturated rings. The van der Waals surface area contributed by atoms with Gasteiger partial charge < -0.3 is 4.74 Å². The molecule has 0 aliphatic rings. The zero-order valence-electron chi connectivity index (χ0n) is 9.56. The van der Waals surface area contributed by atoms with Crippen LogP contribution in [0.2, 0.25) is 10.0 Å². The fraction of sp³-hybridized carbons (Fsp3) is 0. The molecule has 0 atom stereocenters. The Kier molecular flexibility index (Phi) is 4.06. The van der Waals surface area contributed by atoms with Crippen molar-refractivity contribution in [1.29, 1.82) is 5.26 Å². The minimum atomic E-state index is -0.561. The number of ether oxygens (including phenoxy) is 1. The van der Waals surface area contributed by atoms with Crippen LogP contribution in [0.4, 0.5) is 0 Å². The second-order valence-corrected chi connectivity index (χ2v) is 4.56. The van der Waals surface area contributed by atoms with Gasteiger partial charge in [0.15, 0.2) is 0 Å². The van der Waals surface area contributed by atoms with Gasteiger partial charge in [-0.25, -0.2) is 4.79 Å². The van der Waals surface area contributed by atoms with Gasteiger partial charge in [-0.1, -0.05) is 23.2 Å². The Labute approximate surface area is 119 Å². The van der Waals surface area contributed by atoms with E-state index in [1.54, 1.807) is 24.3 Å². The number of nitriles is 1. The molecule has 0 bridgehead atoms. The Morgan fingerprint density at radius 1 is 1.05 bits per heavy atom. The van der Waals surface area contributed by atoms with Crippen LogP contribution in [0.3, 0.4) is 0 Å². The second kappa shape index (κ2) is 5.75. The van der Waals surface area contributed by atoms with Crippen LogP contribution in [-0.4, -0.2) is 5.97 Å². The van der Waals surface area contributed by atoms with Gasteiger partial charge in [0.1, 0.15) is 5.75 Å². The highest BCUT2D eigenvalue weighted by Crippen LogP contribution is 2.21. The largest absolute Gasteiger partial charge is 0.423 e. The molecule has 0 aliphatic heterocycles. The standard InChI is InChI=1S/C14H7Cl2NO2/c15-11-5-10(6-12(16)7-11)14(18)19-13-3-1-9(8-17)2-4-13/h1-7H. The molecule has 0 heterocycles. The molecule has 2 rings (SSSR count). The first-order valence-corrected chi connectivity index (χ1v) is 6.02. The first kappa shape index (κ1) is 13.4. The van der Waals surface area contributed by atoms with E-state index in [9.17, 15) is 4.79 Å². The highest BCUT2D eigenvalue weighted by atomic mass is 35.5. The van der Waals surface area contributed by atoms with Gasteiger partial charge in [-0.3, -0.25) is 0 Å². The normalized spacial score (nSPS) is 9.74. The van der Waals surface area contributed by atoms with Crippen molar-refractivity contribution in [3.63, 3.8) is 0 Å². The lowest BCUT2D eigenvalue weighted by atomic mass is 10.2. The van der Waals surface area contributed by atoms with Gasteiger partial charge in [-0.2, -0.15) is 5.26 Å². The van der Waals surface area contributed by atoms with E-state index in [-0.39, 0.29) is 5.56 Å². The van der Waals surface area contributed by atoms with E-state index < -0.39 is 5.97 Å². The second-order valence-electron chi connectivity index (χ2n) is 3.68. The molecule has 0 radical (unpaired) electrons. The van der Waals surface area contributed by atoms with Crippen molar-refractivity contribution in [2.75, 3.05) is 0 Å². The molecule has 94 valence electrons. The van der Waals surface area contributed by atoms with Crippen LogP contribution in [0.15, 0.2) is 42.5 Å². The maximum absolute atomic E-state index is 11.9.